The molecule has 0 radical (unpaired) electrons. The van der Waals surface area contributed by atoms with Crippen LogP contribution in [0.15, 0.2) is 79.0 Å². The minimum Gasteiger partial charge on any atom is -0.497 e. The molecule has 0 aliphatic carbocycles. The van der Waals surface area contributed by atoms with Crippen molar-refractivity contribution in [3.63, 3.8) is 0 Å². The fourth-order valence-electron chi connectivity index (χ4n) is 3.82. The highest BCUT2D eigenvalue weighted by molar-refractivity contribution is 6.06. The third kappa shape index (κ3) is 4.34. The number of benzene rings is 3. The lowest BCUT2D eigenvalue weighted by molar-refractivity contribution is 0.0696. The van der Waals surface area contributed by atoms with Crippen molar-refractivity contribution in [1.82, 2.24) is 9.88 Å². The van der Waals surface area contributed by atoms with Crippen molar-refractivity contribution in [3.8, 4) is 5.75 Å². The summed E-state index contributed by atoms with van der Waals surface area (Å²) in [6.07, 6.45) is 1.98. The number of aromatic carboxylic acids is 1. The molecule has 3 aromatic carbocycles. The number of ether oxygens (including phenoxy) is 1. The van der Waals surface area contributed by atoms with Gasteiger partial charge in [-0.1, -0.05) is 36.4 Å². The smallest absolute Gasteiger partial charge is 0.335 e. The number of carbonyl (C=O) groups is 2. The van der Waals surface area contributed by atoms with Crippen molar-refractivity contribution in [2.24, 2.45) is 0 Å². The van der Waals surface area contributed by atoms with Crippen LogP contribution in [0.25, 0.3) is 10.9 Å². The molecule has 162 valence electrons. The Morgan fingerprint density at radius 3 is 2.50 bits per heavy atom. The number of methoxy groups -OCH3 is 1. The summed E-state index contributed by atoms with van der Waals surface area (Å²) in [6, 6.07) is 21.8. The Hall–Kier alpha value is -4.06. The lowest BCUT2D eigenvalue weighted by Crippen LogP contribution is -2.27. The molecule has 1 heterocycles. The Morgan fingerprint density at radius 1 is 1.03 bits per heavy atom. The number of nitrogens with zero attached hydrogens (tertiary/aromatic N) is 1. The number of hydrogen-bond acceptors (Lipinski definition) is 3. The first-order chi connectivity index (χ1) is 15.5. The van der Waals surface area contributed by atoms with E-state index in [1.54, 1.807) is 31.4 Å². The molecule has 0 spiro atoms. The number of rotatable bonds is 7. The second-order valence-electron chi connectivity index (χ2n) is 7.66. The standard InChI is InChI=1S/C26H24N2O4/c1-17(19-9-11-21(12-10-19)26(30)31)27-25(29)23-8-4-6-20-13-14-28(24(20)23)16-18-5-3-7-22(15-18)32-2/h3-15,17H,16H2,1-2H3,(H,27,29)(H,30,31)/t17-/m0/s1. The highest BCUT2D eigenvalue weighted by Gasteiger charge is 2.17. The largest absolute Gasteiger partial charge is 0.497 e. The topological polar surface area (TPSA) is 80.6 Å². The first-order valence-electron chi connectivity index (χ1n) is 10.3. The monoisotopic (exact) mass is 428 g/mol. The Kier molecular flexibility index (Phi) is 5.94. The van der Waals surface area contributed by atoms with Crippen LogP contribution < -0.4 is 10.1 Å². The fraction of sp³-hybridized carbons (Fsp3) is 0.154. The lowest BCUT2D eigenvalue weighted by atomic mass is 10.0. The number of fused-ring (bicyclic) bond motifs is 1. The van der Waals surface area contributed by atoms with Crippen molar-refractivity contribution >= 4 is 22.8 Å². The van der Waals surface area contributed by atoms with E-state index in [0.717, 1.165) is 27.8 Å². The van der Waals surface area contributed by atoms with E-state index in [1.807, 2.05) is 61.7 Å². The summed E-state index contributed by atoms with van der Waals surface area (Å²) in [4.78, 5) is 24.2. The van der Waals surface area contributed by atoms with Crippen molar-refractivity contribution in [3.05, 3.63) is 101 Å². The third-order valence-corrected chi connectivity index (χ3v) is 5.53. The summed E-state index contributed by atoms with van der Waals surface area (Å²) in [5, 5.41) is 13.1. The number of nitrogens with one attached hydrogen (secondary N) is 1. The van der Waals surface area contributed by atoms with E-state index in [1.165, 1.54) is 0 Å². The predicted octanol–water partition coefficient (Wildman–Crippen LogP) is 4.89. The lowest BCUT2D eigenvalue weighted by Gasteiger charge is -2.16. The van der Waals surface area contributed by atoms with Crippen molar-refractivity contribution in [2.75, 3.05) is 7.11 Å². The third-order valence-electron chi connectivity index (χ3n) is 5.53. The Balaban J connectivity index is 1.60. The first kappa shape index (κ1) is 21.2. The Morgan fingerprint density at radius 2 is 1.78 bits per heavy atom. The second kappa shape index (κ2) is 8.98. The van der Waals surface area contributed by atoms with E-state index in [-0.39, 0.29) is 17.5 Å². The molecular weight excluding hydrogens is 404 g/mol. The highest BCUT2D eigenvalue weighted by atomic mass is 16.5. The van der Waals surface area contributed by atoms with Gasteiger partial charge in [0.1, 0.15) is 5.75 Å². The number of aromatic nitrogens is 1. The predicted molar refractivity (Wildman–Crippen MR) is 123 cm³/mol. The number of carbonyl (C=O) groups excluding carboxylic acids is 1. The van der Waals surface area contributed by atoms with Crippen LogP contribution in [-0.4, -0.2) is 28.7 Å². The molecule has 4 aromatic rings. The Bertz CT molecular complexity index is 1270. The molecule has 6 nitrogen and oxygen atoms in total. The van der Waals surface area contributed by atoms with Gasteiger partial charge in [-0.25, -0.2) is 4.79 Å². The van der Waals surface area contributed by atoms with Gasteiger partial charge in [-0.15, -0.1) is 0 Å². The maximum Gasteiger partial charge on any atom is 0.335 e. The molecule has 1 atom stereocenters. The molecule has 32 heavy (non-hydrogen) atoms. The zero-order valence-corrected chi connectivity index (χ0v) is 17.9. The van der Waals surface area contributed by atoms with Crippen LogP contribution in [0.4, 0.5) is 0 Å². The van der Waals surface area contributed by atoms with Gasteiger partial charge in [-0.2, -0.15) is 0 Å². The van der Waals surface area contributed by atoms with E-state index in [0.29, 0.717) is 12.1 Å². The summed E-state index contributed by atoms with van der Waals surface area (Å²) in [7, 11) is 1.64. The number of carboxylic acid groups (broad SMARTS) is 1. The van der Waals surface area contributed by atoms with Crippen LogP contribution in [0.5, 0.6) is 5.75 Å². The SMILES string of the molecule is COc1cccc(Cn2ccc3cccc(C(=O)N[C@@H](C)c4ccc(C(=O)O)cc4)c32)c1. The molecule has 1 amide bonds. The molecule has 0 aliphatic heterocycles. The van der Waals surface area contributed by atoms with Gasteiger partial charge in [0, 0.05) is 18.1 Å². The molecule has 6 heteroatoms. The van der Waals surface area contributed by atoms with Crippen molar-refractivity contribution in [1.29, 1.82) is 0 Å². The molecule has 4 rings (SSSR count). The molecule has 0 saturated heterocycles. The average Bonchev–Trinajstić information content (AvgIpc) is 3.22. The normalized spacial score (nSPS) is 11.8. The molecule has 0 saturated carbocycles. The van der Waals surface area contributed by atoms with Crippen LogP contribution in [0.3, 0.4) is 0 Å². The Labute approximate surface area is 186 Å². The minimum absolute atomic E-state index is 0.184. The number of amides is 1. The van der Waals surface area contributed by atoms with Gasteiger partial charge in [-0.05, 0) is 54.4 Å². The molecule has 2 N–H and O–H groups in total. The molecule has 0 aliphatic rings. The van der Waals surface area contributed by atoms with Crippen LogP contribution in [0, 0.1) is 0 Å². The van der Waals surface area contributed by atoms with E-state index in [2.05, 4.69) is 9.88 Å². The van der Waals surface area contributed by atoms with Gasteiger partial charge < -0.3 is 19.7 Å². The van der Waals surface area contributed by atoms with Crippen LogP contribution in [0.2, 0.25) is 0 Å². The van der Waals surface area contributed by atoms with Crippen LogP contribution >= 0.6 is 0 Å². The maximum atomic E-state index is 13.2. The summed E-state index contributed by atoms with van der Waals surface area (Å²) < 4.78 is 7.38. The maximum absolute atomic E-state index is 13.2. The van der Waals surface area contributed by atoms with Gasteiger partial charge in [0.25, 0.3) is 5.91 Å². The van der Waals surface area contributed by atoms with Gasteiger partial charge >= 0.3 is 5.97 Å². The molecule has 0 unspecified atom stereocenters. The number of hydrogen-bond donors (Lipinski definition) is 2. The highest BCUT2D eigenvalue weighted by Crippen LogP contribution is 2.24. The number of para-hydroxylation sites is 1. The summed E-state index contributed by atoms with van der Waals surface area (Å²) in [6.45, 7) is 2.49. The quantitative estimate of drug-likeness (QED) is 0.439. The van der Waals surface area contributed by atoms with Gasteiger partial charge in [0.15, 0.2) is 0 Å². The van der Waals surface area contributed by atoms with E-state index in [4.69, 9.17) is 9.84 Å². The van der Waals surface area contributed by atoms with Gasteiger partial charge in [-0.3, -0.25) is 4.79 Å². The van der Waals surface area contributed by atoms with E-state index < -0.39 is 5.97 Å². The van der Waals surface area contributed by atoms with Crippen molar-refractivity contribution in [2.45, 2.75) is 19.5 Å². The van der Waals surface area contributed by atoms with Crippen molar-refractivity contribution < 1.29 is 19.4 Å². The van der Waals surface area contributed by atoms with Gasteiger partial charge in [0.2, 0.25) is 0 Å². The first-order valence-corrected chi connectivity index (χ1v) is 10.3. The fourth-order valence-corrected chi connectivity index (χ4v) is 3.82. The molecular formula is C26H24N2O4. The van der Waals surface area contributed by atoms with Crippen LogP contribution in [-0.2, 0) is 6.54 Å². The summed E-state index contributed by atoms with van der Waals surface area (Å²) in [5.41, 5.74) is 3.57. The van der Waals surface area contributed by atoms with Crippen LogP contribution in [0.1, 0.15) is 44.8 Å². The zero-order valence-electron chi connectivity index (χ0n) is 17.9. The summed E-state index contributed by atoms with van der Waals surface area (Å²) in [5.74, 6) is -0.368. The molecule has 0 fully saturated rings. The molecule has 0 bridgehead atoms. The molecule has 1 aromatic heterocycles. The van der Waals surface area contributed by atoms with E-state index >= 15 is 0 Å². The second-order valence-corrected chi connectivity index (χ2v) is 7.66. The zero-order chi connectivity index (χ0) is 22.7. The van der Waals surface area contributed by atoms with Gasteiger partial charge in [0.05, 0.1) is 29.8 Å². The number of carboxylic acids is 1. The minimum atomic E-state index is -0.975. The van der Waals surface area contributed by atoms with E-state index in [9.17, 15) is 9.59 Å². The average molecular weight is 428 g/mol. The summed E-state index contributed by atoms with van der Waals surface area (Å²) >= 11 is 0.